The fourth-order valence-electron chi connectivity index (χ4n) is 4.67. The van der Waals surface area contributed by atoms with E-state index in [2.05, 4.69) is 51.0 Å². The number of methoxy groups -OCH3 is 1. The Morgan fingerprint density at radius 3 is 2.56 bits per heavy atom. The van der Waals surface area contributed by atoms with Gasteiger partial charge in [-0.3, -0.25) is 9.69 Å². The zero-order chi connectivity index (χ0) is 25.5. The molecule has 0 spiro atoms. The van der Waals surface area contributed by atoms with E-state index in [1.165, 1.54) is 5.56 Å². The Hall–Kier alpha value is -3.39. The number of nitrogens with one attached hydrogen (secondary N) is 1. The van der Waals surface area contributed by atoms with Gasteiger partial charge < -0.3 is 19.4 Å². The van der Waals surface area contributed by atoms with E-state index < -0.39 is 0 Å². The highest BCUT2D eigenvalue weighted by atomic mass is 16.5. The fourth-order valence-corrected chi connectivity index (χ4v) is 4.67. The van der Waals surface area contributed by atoms with Gasteiger partial charge in [0, 0.05) is 39.5 Å². The normalized spacial score (nSPS) is 14.7. The summed E-state index contributed by atoms with van der Waals surface area (Å²) in [5.74, 6) is 3.71. The molecule has 0 saturated carbocycles. The largest absolute Gasteiger partial charge is 0.493 e. The fraction of sp³-hybridized carbons (Fsp3) is 0.464. The number of hydrogen-bond acceptors (Lipinski definition) is 6. The smallest absolute Gasteiger partial charge is 0.217 e. The molecule has 3 aromatic rings. The molecular formula is C28H37N5O3. The van der Waals surface area contributed by atoms with Gasteiger partial charge in [-0.25, -0.2) is 0 Å². The van der Waals surface area contributed by atoms with Crippen molar-refractivity contribution in [1.82, 2.24) is 25.0 Å². The zero-order valence-corrected chi connectivity index (χ0v) is 21.7. The molecule has 2 aromatic carbocycles. The third-order valence-corrected chi connectivity index (χ3v) is 6.42. The average molecular weight is 492 g/mol. The topological polar surface area (TPSA) is 81.5 Å². The standard InChI is InChI=1S/C28H37N5O3/c1-20(2)16-24(29-21(3)34)28-31-30-27-12-13-32(14-15-33(27)28)18-23-10-11-25(26(17-23)35-4)36-19-22-8-6-5-7-9-22/h5-11,17,20,24H,12-16,18-19H2,1-4H3,(H,29,34). The average Bonchev–Trinajstić information content (AvgIpc) is 3.16. The van der Waals surface area contributed by atoms with Gasteiger partial charge in [0.25, 0.3) is 0 Å². The highest BCUT2D eigenvalue weighted by Crippen LogP contribution is 2.30. The zero-order valence-electron chi connectivity index (χ0n) is 21.7. The molecule has 0 saturated heterocycles. The summed E-state index contributed by atoms with van der Waals surface area (Å²) in [6.45, 7) is 9.74. The van der Waals surface area contributed by atoms with Crippen molar-refractivity contribution in [3.05, 3.63) is 71.3 Å². The van der Waals surface area contributed by atoms with Crippen LogP contribution in [0.15, 0.2) is 48.5 Å². The van der Waals surface area contributed by atoms with Crippen LogP contribution in [-0.2, 0) is 30.9 Å². The van der Waals surface area contributed by atoms with Crippen molar-refractivity contribution in [2.45, 2.75) is 59.4 Å². The van der Waals surface area contributed by atoms with Gasteiger partial charge in [0.1, 0.15) is 12.4 Å². The lowest BCUT2D eigenvalue weighted by Crippen LogP contribution is -2.31. The van der Waals surface area contributed by atoms with Crippen LogP contribution in [0.4, 0.5) is 0 Å². The molecule has 1 amide bonds. The van der Waals surface area contributed by atoms with Crippen LogP contribution >= 0.6 is 0 Å². The number of nitrogens with zero attached hydrogens (tertiary/aromatic N) is 4. The quantitative estimate of drug-likeness (QED) is 0.459. The van der Waals surface area contributed by atoms with Crippen molar-refractivity contribution in [2.75, 3.05) is 20.2 Å². The molecule has 0 bridgehead atoms. The second-order valence-corrected chi connectivity index (χ2v) is 9.79. The molecule has 0 radical (unpaired) electrons. The van der Waals surface area contributed by atoms with E-state index in [4.69, 9.17) is 9.47 Å². The SMILES string of the molecule is COc1cc(CN2CCc3nnc(C(CC(C)C)NC(C)=O)n3CC2)ccc1OCc1ccccc1. The van der Waals surface area contributed by atoms with Crippen molar-refractivity contribution < 1.29 is 14.3 Å². The van der Waals surface area contributed by atoms with Crippen LogP contribution in [-0.4, -0.2) is 45.8 Å². The molecule has 0 fully saturated rings. The number of amides is 1. The summed E-state index contributed by atoms with van der Waals surface area (Å²) in [5.41, 5.74) is 2.29. The van der Waals surface area contributed by atoms with Crippen molar-refractivity contribution in [1.29, 1.82) is 0 Å². The molecule has 1 aliphatic heterocycles. The minimum Gasteiger partial charge on any atom is -0.493 e. The number of benzene rings is 2. The third kappa shape index (κ3) is 6.63. The second-order valence-electron chi connectivity index (χ2n) is 9.79. The van der Waals surface area contributed by atoms with Crippen LogP contribution in [0.2, 0.25) is 0 Å². The van der Waals surface area contributed by atoms with E-state index in [0.29, 0.717) is 12.5 Å². The Kier molecular flexibility index (Phi) is 8.59. The summed E-state index contributed by atoms with van der Waals surface area (Å²) in [5, 5.41) is 12.0. The van der Waals surface area contributed by atoms with Crippen LogP contribution in [0.1, 0.15) is 56.0 Å². The summed E-state index contributed by atoms with van der Waals surface area (Å²) in [7, 11) is 1.68. The molecule has 8 heteroatoms. The summed E-state index contributed by atoms with van der Waals surface area (Å²) in [6.07, 6.45) is 1.65. The minimum absolute atomic E-state index is 0.0432. The highest BCUT2D eigenvalue weighted by molar-refractivity contribution is 5.73. The maximum Gasteiger partial charge on any atom is 0.217 e. The Bertz CT molecular complexity index is 1150. The molecule has 36 heavy (non-hydrogen) atoms. The Balaban J connectivity index is 1.41. The summed E-state index contributed by atoms with van der Waals surface area (Å²) >= 11 is 0. The number of ether oxygens (including phenoxy) is 2. The summed E-state index contributed by atoms with van der Waals surface area (Å²) in [4.78, 5) is 14.2. The van der Waals surface area contributed by atoms with Crippen LogP contribution in [0.3, 0.4) is 0 Å². The third-order valence-electron chi connectivity index (χ3n) is 6.42. The summed E-state index contributed by atoms with van der Waals surface area (Å²) < 4.78 is 13.8. The van der Waals surface area contributed by atoms with Crippen LogP contribution in [0.25, 0.3) is 0 Å². The first-order chi connectivity index (χ1) is 17.4. The first-order valence-electron chi connectivity index (χ1n) is 12.7. The number of hydrogen-bond donors (Lipinski definition) is 1. The van der Waals surface area contributed by atoms with Crippen LogP contribution in [0, 0.1) is 5.92 Å². The Morgan fingerprint density at radius 2 is 1.83 bits per heavy atom. The maximum atomic E-state index is 11.8. The lowest BCUT2D eigenvalue weighted by atomic mass is 10.0. The molecule has 8 nitrogen and oxygen atoms in total. The molecule has 4 rings (SSSR count). The van der Waals surface area contributed by atoms with Crippen molar-refractivity contribution >= 4 is 5.91 Å². The molecule has 0 aliphatic carbocycles. The first kappa shape index (κ1) is 25.7. The van der Waals surface area contributed by atoms with Crippen molar-refractivity contribution in [3.8, 4) is 11.5 Å². The number of carbonyl (C=O) groups excluding carboxylic acids is 1. The Labute approximate surface area is 213 Å². The highest BCUT2D eigenvalue weighted by Gasteiger charge is 2.25. The number of rotatable bonds is 10. The van der Waals surface area contributed by atoms with E-state index in [9.17, 15) is 4.79 Å². The number of carbonyl (C=O) groups is 1. The molecule has 1 N–H and O–H groups in total. The predicted molar refractivity (Wildman–Crippen MR) is 139 cm³/mol. The van der Waals surface area contributed by atoms with Crippen molar-refractivity contribution in [3.63, 3.8) is 0 Å². The molecule has 192 valence electrons. The van der Waals surface area contributed by atoms with Gasteiger partial charge in [-0.05, 0) is 35.6 Å². The van der Waals surface area contributed by atoms with E-state index in [0.717, 1.165) is 67.7 Å². The summed E-state index contributed by atoms with van der Waals surface area (Å²) in [6, 6.07) is 16.2. The molecular weight excluding hydrogens is 454 g/mol. The number of aromatic nitrogens is 3. The van der Waals surface area contributed by atoms with Crippen LogP contribution < -0.4 is 14.8 Å². The van der Waals surface area contributed by atoms with E-state index in [1.807, 2.05) is 36.4 Å². The molecule has 2 heterocycles. The molecule has 1 unspecified atom stereocenters. The minimum atomic E-state index is -0.122. The van der Waals surface area contributed by atoms with Gasteiger partial charge in [-0.15, -0.1) is 10.2 Å². The lowest BCUT2D eigenvalue weighted by molar-refractivity contribution is -0.119. The van der Waals surface area contributed by atoms with E-state index >= 15 is 0 Å². The van der Waals surface area contributed by atoms with Crippen LogP contribution in [0.5, 0.6) is 11.5 Å². The second kappa shape index (κ2) is 12.0. The van der Waals surface area contributed by atoms with Gasteiger partial charge in [0.15, 0.2) is 17.3 Å². The van der Waals surface area contributed by atoms with E-state index in [-0.39, 0.29) is 11.9 Å². The van der Waals surface area contributed by atoms with Gasteiger partial charge >= 0.3 is 0 Å². The van der Waals surface area contributed by atoms with E-state index in [1.54, 1.807) is 14.0 Å². The van der Waals surface area contributed by atoms with Gasteiger partial charge in [-0.1, -0.05) is 50.2 Å². The molecule has 1 aliphatic rings. The lowest BCUT2D eigenvalue weighted by Gasteiger charge is -2.22. The maximum absolute atomic E-state index is 11.8. The van der Waals surface area contributed by atoms with Gasteiger partial charge in [-0.2, -0.15) is 0 Å². The first-order valence-corrected chi connectivity index (χ1v) is 12.7. The molecule has 1 aromatic heterocycles. The van der Waals surface area contributed by atoms with Gasteiger partial charge in [0.2, 0.25) is 5.91 Å². The van der Waals surface area contributed by atoms with Crippen molar-refractivity contribution in [2.24, 2.45) is 5.92 Å². The monoisotopic (exact) mass is 491 g/mol. The number of fused-ring (bicyclic) bond motifs is 1. The molecule has 1 atom stereocenters. The predicted octanol–water partition coefficient (Wildman–Crippen LogP) is 4.15. The Morgan fingerprint density at radius 1 is 1.03 bits per heavy atom. The van der Waals surface area contributed by atoms with Gasteiger partial charge in [0.05, 0.1) is 13.2 Å².